The number of hydrogen-bond acceptors (Lipinski definition) is 4. The Labute approximate surface area is 167 Å². The van der Waals surface area contributed by atoms with Crippen LogP contribution in [0.3, 0.4) is 0 Å². The van der Waals surface area contributed by atoms with Crippen molar-refractivity contribution in [2.24, 2.45) is 0 Å². The maximum Gasteiger partial charge on any atom is 0.255 e. The molecule has 5 nitrogen and oxygen atoms in total. The van der Waals surface area contributed by atoms with Crippen LogP contribution in [-0.2, 0) is 11.3 Å². The van der Waals surface area contributed by atoms with E-state index in [4.69, 9.17) is 4.74 Å². The van der Waals surface area contributed by atoms with Crippen molar-refractivity contribution < 1.29 is 9.53 Å². The lowest BCUT2D eigenvalue weighted by Gasteiger charge is -2.39. The molecular formula is C23H29N3O2. The molecule has 1 atom stereocenters. The summed E-state index contributed by atoms with van der Waals surface area (Å²) >= 11 is 0. The molecule has 2 saturated heterocycles. The smallest absolute Gasteiger partial charge is 0.255 e. The van der Waals surface area contributed by atoms with Crippen molar-refractivity contribution >= 4 is 5.91 Å². The summed E-state index contributed by atoms with van der Waals surface area (Å²) < 4.78 is 6.31. The highest BCUT2D eigenvalue weighted by Crippen LogP contribution is 2.38. The molecule has 1 spiro atoms. The number of ether oxygens (including phenoxy) is 1. The fraction of sp³-hybridized carbons (Fsp3) is 0.478. The van der Waals surface area contributed by atoms with Gasteiger partial charge < -0.3 is 9.64 Å². The van der Waals surface area contributed by atoms with E-state index in [1.54, 1.807) is 12.4 Å². The first kappa shape index (κ1) is 19.1. The summed E-state index contributed by atoms with van der Waals surface area (Å²) in [5, 5.41) is 0. The second-order valence-corrected chi connectivity index (χ2v) is 8.30. The van der Waals surface area contributed by atoms with Crippen molar-refractivity contribution in [3.8, 4) is 0 Å². The van der Waals surface area contributed by atoms with E-state index in [-0.39, 0.29) is 11.5 Å². The van der Waals surface area contributed by atoms with Gasteiger partial charge in [0, 0.05) is 38.1 Å². The van der Waals surface area contributed by atoms with Gasteiger partial charge in [-0.2, -0.15) is 0 Å². The van der Waals surface area contributed by atoms with Gasteiger partial charge in [-0.25, -0.2) is 0 Å². The number of benzene rings is 1. The number of piperidine rings is 1. The highest BCUT2D eigenvalue weighted by Gasteiger charge is 2.44. The number of carbonyl (C=O) groups is 1. The maximum absolute atomic E-state index is 12.8. The van der Waals surface area contributed by atoms with Gasteiger partial charge in [0.1, 0.15) is 0 Å². The normalized spacial score (nSPS) is 21.4. The first-order valence-electron chi connectivity index (χ1n) is 10.1. The Bertz CT molecular complexity index is 816. The molecule has 3 heterocycles. The number of hydrogen-bond donors (Lipinski definition) is 0. The van der Waals surface area contributed by atoms with Crippen LogP contribution in [0.15, 0.2) is 48.8 Å². The zero-order valence-corrected chi connectivity index (χ0v) is 16.8. The summed E-state index contributed by atoms with van der Waals surface area (Å²) in [5.74, 6) is 0.0850. The minimum atomic E-state index is -0.0722. The Morgan fingerprint density at radius 3 is 2.71 bits per heavy atom. The number of pyridine rings is 1. The lowest BCUT2D eigenvalue weighted by atomic mass is 9.87. The molecule has 148 valence electrons. The molecule has 4 rings (SSSR count). The fourth-order valence-corrected chi connectivity index (χ4v) is 4.42. The van der Waals surface area contributed by atoms with Crippen molar-refractivity contribution in [2.75, 3.05) is 26.7 Å². The lowest BCUT2D eigenvalue weighted by molar-refractivity contribution is -0.0393. The molecule has 0 aliphatic carbocycles. The van der Waals surface area contributed by atoms with Crippen molar-refractivity contribution in [2.45, 2.75) is 44.4 Å². The van der Waals surface area contributed by atoms with E-state index < -0.39 is 0 Å². The topological polar surface area (TPSA) is 45.7 Å². The maximum atomic E-state index is 12.8. The van der Waals surface area contributed by atoms with Crippen LogP contribution < -0.4 is 0 Å². The average Bonchev–Trinajstić information content (AvgIpc) is 3.13. The SMILES string of the molecule is Cc1cncc(C(=O)N2CCC3(CC2)C[C@H](N(C)Cc2ccccc2)CO3)c1. The molecule has 2 aliphatic rings. The van der Waals surface area contributed by atoms with Gasteiger partial charge >= 0.3 is 0 Å². The standard InChI is InChI=1S/C23H29N3O2/c1-18-12-20(15-24-14-18)22(27)26-10-8-23(9-11-26)13-21(17-28-23)25(2)16-19-6-4-3-5-7-19/h3-7,12,14-15,21H,8-11,13,16-17H2,1-2H3/t21-/m0/s1. The van der Waals surface area contributed by atoms with Gasteiger partial charge in [-0.1, -0.05) is 30.3 Å². The van der Waals surface area contributed by atoms with Crippen molar-refractivity contribution in [3.63, 3.8) is 0 Å². The number of amides is 1. The van der Waals surface area contributed by atoms with Crippen molar-refractivity contribution in [1.82, 2.24) is 14.8 Å². The van der Waals surface area contributed by atoms with E-state index in [0.29, 0.717) is 11.6 Å². The largest absolute Gasteiger partial charge is 0.373 e. The van der Waals surface area contributed by atoms with E-state index in [1.807, 2.05) is 17.9 Å². The Balaban J connectivity index is 1.32. The summed E-state index contributed by atoms with van der Waals surface area (Å²) in [6.07, 6.45) is 6.31. The quantitative estimate of drug-likeness (QED) is 0.818. The van der Waals surface area contributed by atoms with Gasteiger partial charge in [-0.05, 0) is 50.4 Å². The van der Waals surface area contributed by atoms with E-state index >= 15 is 0 Å². The number of nitrogens with zero attached hydrogens (tertiary/aromatic N) is 3. The molecule has 2 fully saturated rings. The second-order valence-electron chi connectivity index (χ2n) is 8.30. The van der Waals surface area contributed by atoms with Crippen LogP contribution in [0.4, 0.5) is 0 Å². The average molecular weight is 380 g/mol. The number of likely N-dealkylation sites (tertiary alicyclic amines) is 1. The van der Waals surface area contributed by atoms with Crippen LogP contribution in [0.1, 0.15) is 40.7 Å². The van der Waals surface area contributed by atoms with Gasteiger partial charge in [0.2, 0.25) is 0 Å². The van der Waals surface area contributed by atoms with Gasteiger partial charge in [0.05, 0.1) is 17.8 Å². The Morgan fingerprint density at radius 2 is 2.00 bits per heavy atom. The van der Waals surface area contributed by atoms with Gasteiger partial charge in [0.25, 0.3) is 5.91 Å². The molecule has 1 amide bonds. The molecule has 0 bridgehead atoms. The zero-order chi connectivity index (χ0) is 19.6. The van der Waals surface area contributed by atoms with E-state index in [2.05, 4.69) is 47.3 Å². The molecule has 0 saturated carbocycles. The molecular weight excluding hydrogens is 350 g/mol. The third-order valence-corrected chi connectivity index (χ3v) is 6.17. The number of likely N-dealkylation sites (N-methyl/N-ethyl adjacent to an activating group) is 1. The Morgan fingerprint density at radius 1 is 1.25 bits per heavy atom. The highest BCUT2D eigenvalue weighted by molar-refractivity contribution is 5.94. The minimum Gasteiger partial charge on any atom is -0.373 e. The van der Waals surface area contributed by atoms with E-state index in [0.717, 1.165) is 51.1 Å². The lowest BCUT2D eigenvalue weighted by Crippen LogP contribution is -2.47. The van der Waals surface area contributed by atoms with Crippen LogP contribution >= 0.6 is 0 Å². The highest BCUT2D eigenvalue weighted by atomic mass is 16.5. The molecule has 2 aliphatic heterocycles. The zero-order valence-electron chi connectivity index (χ0n) is 16.8. The summed E-state index contributed by atoms with van der Waals surface area (Å²) in [6.45, 7) is 5.19. The third-order valence-electron chi connectivity index (χ3n) is 6.17. The summed E-state index contributed by atoms with van der Waals surface area (Å²) in [6, 6.07) is 12.9. The van der Waals surface area contributed by atoms with E-state index in [1.165, 1.54) is 5.56 Å². The summed E-state index contributed by atoms with van der Waals surface area (Å²) in [7, 11) is 2.18. The molecule has 1 aromatic carbocycles. The van der Waals surface area contributed by atoms with Crippen LogP contribution in [0, 0.1) is 6.92 Å². The Hall–Kier alpha value is -2.24. The molecule has 0 unspecified atom stereocenters. The van der Waals surface area contributed by atoms with Crippen LogP contribution in [0.25, 0.3) is 0 Å². The van der Waals surface area contributed by atoms with Crippen LogP contribution in [-0.4, -0.2) is 59.1 Å². The second kappa shape index (κ2) is 8.02. The molecule has 0 radical (unpaired) electrons. The minimum absolute atomic E-state index is 0.0722. The van der Waals surface area contributed by atoms with Gasteiger partial charge in [0.15, 0.2) is 0 Å². The summed E-state index contributed by atoms with van der Waals surface area (Å²) in [5.41, 5.74) is 2.96. The van der Waals surface area contributed by atoms with Crippen molar-refractivity contribution in [1.29, 1.82) is 0 Å². The molecule has 1 aromatic heterocycles. The number of rotatable bonds is 4. The first-order valence-corrected chi connectivity index (χ1v) is 10.1. The number of aryl methyl sites for hydroxylation is 1. The van der Waals surface area contributed by atoms with Crippen LogP contribution in [0.2, 0.25) is 0 Å². The fourth-order valence-electron chi connectivity index (χ4n) is 4.42. The first-order chi connectivity index (χ1) is 13.5. The predicted molar refractivity (Wildman–Crippen MR) is 109 cm³/mol. The number of carbonyl (C=O) groups excluding carboxylic acids is 1. The van der Waals surface area contributed by atoms with Crippen LogP contribution in [0.5, 0.6) is 0 Å². The number of aromatic nitrogens is 1. The summed E-state index contributed by atoms with van der Waals surface area (Å²) in [4.78, 5) is 21.3. The van der Waals surface area contributed by atoms with Crippen molar-refractivity contribution in [3.05, 3.63) is 65.5 Å². The molecule has 0 N–H and O–H groups in total. The van der Waals surface area contributed by atoms with Gasteiger partial charge in [-0.3, -0.25) is 14.7 Å². The molecule has 28 heavy (non-hydrogen) atoms. The molecule has 5 heteroatoms. The van der Waals surface area contributed by atoms with E-state index in [9.17, 15) is 4.79 Å². The predicted octanol–water partition coefficient (Wildman–Crippen LogP) is 3.29. The Kier molecular flexibility index (Phi) is 5.47. The third kappa shape index (κ3) is 4.10. The van der Waals surface area contributed by atoms with Gasteiger partial charge in [-0.15, -0.1) is 0 Å². The monoisotopic (exact) mass is 379 g/mol. The molecule has 2 aromatic rings.